The van der Waals surface area contributed by atoms with E-state index in [0.717, 1.165) is 24.5 Å². The van der Waals surface area contributed by atoms with Crippen LogP contribution in [0, 0.1) is 0 Å². The molecule has 2 aromatic rings. The fraction of sp³-hybridized carbons (Fsp3) is 0.292. The average Bonchev–Trinajstić information content (AvgIpc) is 3.50. The number of alkyl halides is 3. The van der Waals surface area contributed by atoms with E-state index in [4.69, 9.17) is 21.9 Å². The van der Waals surface area contributed by atoms with Crippen LogP contribution < -0.4 is 15.3 Å². The number of hydrogen-bond acceptors (Lipinski definition) is 6. The van der Waals surface area contributed by atoms with Crippen molar-refractivity contribution in [3.63, 3.8) is 0 Å². The summed E-state index contributed by atoms with van der Waals surface area (Å²) in [7, 11) is 0. The van der Waals surface area contributed by atoms with Gasteiger partial charge < -0.3 is 25.1 Å². The lowest BCUT2D eigenvalue weighted by Crippen LogP contribution is -2.45. The smallest absolute Gasteiger partial charge is 0.385 e. The summed E-state index contributed by atoms with van der Waals surface area (Å²) < 4.78 is 44.7. The largest absolute Gasteiger partial charge is 0.419 e. The first kappa shape index (κ1) is 24.0. The van der Waals surface area contributed by atoms with Gasteiger partial charge in [0.2, 0.25) is 0 Å². The Morgan fingerprint density at radius 1 is 1.25 bits per heavy atom. The molecule has 0 radical (unpaired) electrons. The van der Waals surface area contributed by atoms with Crippen LogP contribution in [0.3, 0.4) is 0 Å². The molecule has 3 aliphatic heterocycles. The van der Waals surface area contributed by atoms with Gasteiger partial charge in [0.1, 0.15) is 29.7 Å². The monoisotopic (exact) mass is 518 g/mol. The third-order valence-corrected chi connectivity index (χ3v) is 6.55. The number of anilines is 1. The number of urea groups is 1. The second kappa shape index (κ2) is 9.38. The van der Waals surface area contributed by atoms with E-state index in [9.17, 15) is 18.0 Å². The first-order chi connectivity index (χ1) is 17.2. The van der Waals surface area contributed by atoms with E-state index in [1.54, 1.807) is 34.2 Å². The first-order valence-electron chi connectivity index (χ1n) is 11.3. The van der Waals surface area contributed by atoms with Crippen LogP contribution in [0.4, 0.5) is 23.8 Å². The molecule has 2 amide bonds. The van der Waals surface area contributed by atoms with Crippen LogP contribution >= 0.6 is 11.9 Å². The number of likely N-dealkylation sites (tertiary alicyclic amines) is 1. The Kier molecular flexibility index (Phi) is 6.25. The minimum atomic E-state index is -4.61. The molecule has 188 valence electrons. The SMILES string of the molecule is Nc1ncc(C2=CN3CC(NC(=O)N4CCCC4c4ccccc4OCl)N=C3C=C2)cc1C(F)(F)F. The van der Waals surface area contributed by atoms with Crippen molar-refractivity contribution >= 4 is 35.1 Å². The zero-order valence-electron chi connectivity index (χ0n) is 18.9. The van der Waals surface area contributed by atoms with Crippen LogP contribution in [0.25, 0.3) is 5.57 Å². The van der Waals surface area contributed by atoms with Crippen LogP contribution in [-0.4, -0.2) is 45.9 Å². The van der Waals surface area contributed by atoms with Crippen molar-refractivity contribution in [3.05, 3.63) is 71.6 Å². The lowest BCUT2D eigenvalue weighted by atomic mass is 10.0. The number of carbonyl (C=O) groups is 1. The molecule has 8 nitrogen and oxygen atoms in total. The lowest BCUT2D eigenvalue weighted by molar-refractivity contribution is -0.137. The van der Waals surface area contributed by atoms with E-state index in [1.807, 2.05) is 18.2 Å². The Morgan fingerprint density at radius 2 is 2.06 bits per heavy atom. The molecular formula is C24H22ClF3N6O2. The Labute approximate surface area is 210 Å². The maximum atomic E-state index is 13.2. The molecule has 2 atom stereocenters. The second-order valence-electron chi connectivity index (χ2n) is 8.64. The number of rotatable bonds is 4. The zero-order chi connectivity index (χ0) is 25.4. The van der Waals surface area contributed by atoms with Gasteiger partial charge in [-0.05, 0) is 42.7 Å². The van der Waals surface area contributed by atoms with Crippen molar-refractivity contribution in [2.75, 3.05) is 18.8 Å². The quantitative estimate of drug-likeness (QED) is 0.611. The number of halogens is 4. The molecule has 0 bridgehead atoms. The number of aliphatic imine (C=N–C) groups is 1. The summed E-state index contributed by atoms with van der Waals surface area (Å²) in [5.41, 5.74) is 6.07. The number of pyridine rings is 1. The molecule has 1 aromatic carbocycles. The standard InChI is InChI=1S/C24H22ClF3N6O2/c25-36-19-6-2-1-4-16(19)18-5-3-9-34(18)23(35)32-20-13-33-12-14(7-8-21(33)31-20)15-10-17(24(26,27)28)22(29)30-11-15/h1-2,4,6-8,10-12,18,20H,3,5,9,13H2,(H2,29,30)(H,32,35). The van der Waals surface area contributed by atoms with Crippen LogP contribution in [0.1, 0.15) is 35.6 Å². The topological polar surface area (TPSA) is 96.1 Å². The zero-order valence-corrected chi connectivity index (χ0v) is 19.6. The maximum absolute atomic E-state index is 13.2. The summed E-state index contributed by atoms with van der Waals surface area (Å²) in [4.78, 5) is 24.9. The third kappa shape index (κ3) is 4.58. The Balaban J connectivity index is 1.28. The number of benzene rings is 1. The van der Waals surface area contributed by atoms with Crippen molar-refractivity contribution in [3.8, 4) is 5.75 Å². The highest BCUT2D eigenvalue weighted by Gasteiger charge is 2.36. The van der Waals surface area contributed by atoms with E-state index >= 15 is 0 Å². The van der Waals surface area contributed by atoms with Gasteiger partial charge in [-0.15, -0.1) is 0 Å². The van der Waals surface area contributed by atoms with E-state index < -0.39 is 23.7 Å². The van der Waals surface area contributed by atoms with Gasteiger partial charge in [0.25, 0.3) is 0 Å². The predicted octanol–water partition coefficient (Wildman–Crippen LogP) is 4.71. The number of fused-ring (bicyclic) bond motifs is 1. The van der Waals surface area contributed by atoms with Gasteiger partial charge in [-0.3, -0.25) is 0 Å². The van der Waals surface area contributed by atoms with E-state index in [-0.39, 0.29) is 17.6 Å². The predicted molar refractivity (Wildman–Crippen MR) is 129 cm³/mol. The summed E-state index contributed by atoms with van der Waals surface area (Å²) in [6.07, 6.45) is 2.82. The summed E-state index contributed by atoms with van der Waals surface area (Å²) in [5, 5.41) is 2.95. The number of nitrogen functional groups attached to an aromatic ring is 1. The first-order valence-corrected chi connectivity index (χ1v) is 11.6. The highest BCUT2D eigenvalue weighted by Crippen LogP contribution is 2.38. The van der Waals surface area contributed by atoms with Gasteiger partial charge in [0.15, 0.2) is 5.75 Å². The molecule has 4 heterocycles. The van der Waals surface area contributed by atoms with Gasteiger partial charge in [0.05, 0.1) is 18.2 Å². The number of nitrogens with two attached hydrogens (primary N) is 1. The molecule has 1 aromatic heterocycles. The fourth-order valence-electron chi connectivity index (χ4n) is 4.68. The lowest BCUT2D eigenvalue weighted by Gasteiger charge is -2.27. The molecule has 5 rings (SSSR count). The van der Waals surface area contributed by atoms with E-state index in [0.29, 0.717) is 30.2 Å². The summed E-state index contributed by atoms with van der Waals surface area (Å²) >= 11 is 5.62. The number of hydrogen-bond donors (Lipinski definition) is 2. The van der Waals surface area contributed by atoms with Crippen LogP contribution in [0.5, 0.6) is 5.75 Å². The second-order valence-corrected chi connectivity index (χ2v) is 8.80. The van der Waals surface area contributed by atoms with Crippen molar-refractivity contribution in [1.82, 2.24) is 20.1 Å². The molecule has 12 heteroatoms. The van der Waals surface area contributed by atoms with E-state index in [1.165, 1.54) is 6.20 Å². The molecule has 1 saturated heterocycles. The minimum Gasteiger partial charge on any atom is -0.385 e. The molecule has 2 unspecified atom stereocenters. The third-order valence-electron chi connectivity index (χ3n) is 6.38. The number of para-hydroxylation sites is 1. The summed E-state index contributed by atoms with van der Waals surface area (Å²) in [6, 6.07) is 7.86. The van der Waals surface area contributed by atoms with Gasteiger partial charge in [-0.1, -0.05) is 18.2 Å². The Hall–Kier alpha value is -3.73. The summed E-state index contributed by atoms with van der Waals surface area (Å²) in [6.45, 7) is 0.916. The normalized spacial score (nSPS) is 21.2. The molecule has 3 aliphatic rings. The van der Waals surface area contributed by atoms with E-state index in [2.05, 4.69) is 15.3 Å². The number of allylic oxidation sites excluding steroid dienone is 2. The number of amides is 2. The average molecular weight is 519 g/mol. The molecule has 0 aliphatic carbocycles. The molecular weight excluding hydrogens is 497 g/mol. The number of nitrogens with one attached hydrogen (secondary N) is 1. The summed E-state index contributed by atoms with van der Waals surface area (Å²) in [5.74, 6) is 0.538. The van der Waals surface area contributed by atoms with Crippen LogP contribution in [0.15, 0.2) is 59.9 Å². The Morgan fingerprint density at radius 3 is 2.83 bits per heavy atom. The Bertz CT molecular complexity index is 1280. The molecule has 1 fully saturated rings. The van der Waals surface area contributed by atoms with Crippen LogP contribution in [0.2, 0.25) is 0 Å². The van der Waals surface area contributed by atoms with Crippen molar-refractivity contribution < 1.29 is 22.3 Å². The molecule has 3 N–H and O–H groups in total. The fourth-order valence-corrected chi connectivity index (χ4v) is 4.82. The molecule has 36 heavy (non-hydrogen) atoms. The van der Waals surface area contributed by atoms with Crippen LogP contribution in [-0.2, 0) is 6.18 Å². The molecule has 0 spiro atoms. The van der Waals surface area contributed by atoms with Gasteiger partial charge in [0, 0.05) is 30.1 Å². The molecule has 0 saturated carbocycles. The van der Waals surface area contributed by atoms with Gasteiger partial charge in [-0.25, -0.2) is 14.8 Å². The van der Waals surface area contributed by atoms with Crippen molar-refractivity contribution in [1.29, 1.82) is 0 Å². The minimum absolute atomic E-state index is 0.177. The van der Waals surface area contributed by atoms with Gasteiger partial charge in [-0.2, -0.15) is 13.2 Å². The number of nitrogens with zero attached hydrogens (tertiary/aromatic N) is 4. The number of aromatic nitrogens is 1. The number of amidine groups is 1. The maximum Gasteiger partial charge on any atom is 0.419 e. The number of carbonyl (C=O) groups excluding carboxylic acids is 1. The highest BCUT2D eigenvalue weighted by atomic mass is 35.5. The van der Waals surface area contributed by atoms with Crippen molar-refractivity contribution in [2.45, 2.75) is 31.2 Å². The highest BCUT2D eigenvalue weighted by molar-refractivity contribution is 6.09. The van der Waals surface area contributed by atoms with Gasteiger partial charge >= 0.3 is 12.2 Å². The van der Waals surface area contributed by atoms with Crippen molar-refractivity contribution in [2.24, 2.45) is 4.99 Å².